The molecular weight excluding hydrogens is 268 g/mol. The number of rotatable bonds is 4. The number of nitrogens with one attached hydrogen (secondary N) is 1. The zero-order valence-corrected chi connectivity index (χ0v) is 12.2. The van der Waals surface area contributed by atoms with Crippen molar-refractivity contribution in [3.63, 3.8) is 0 Å². The summed E-state index contributed by atoms with van der Waals surface area (Å²) in [7, 11) is -1.99. The summed E-state index contributed by atoms with van der Waals surface area (Å²) < 4.78 is 34.1. The van der Waals surface area contributed by atoms with E-state index < -0.39 is 10.0 Å². The number of hydrogen-bond donors (Lipinski definition) is 2. The lowest BCUT2D eigenvalue weighted by atomic mass is 10.0. The number of aryl methyl sites for hydroxylation is 1. The van der Waals surface area contributed by atoms with Gasteiger partial charge < -0.3 is 10.5 Å². The van der Waals surface area contributed by atoms with E-state index in [-0.39, 0.29) is 22.7 Å². The largest absolute Gasteiger partial charge is 0.381 e. The van der Waals surface area contributed by atoms with E-state index in [4.69, 9.17) is 10.5 Å². The van der Waals surface area contributed by atoms with Crippen molar-refractivity contribution in [3.05, 3.63) is 5.69 Å². The molecule has 0 spiro atoms. The fourth-order valence-corrected chi connectivity index (χ4v) is 3.93. The van der Waals surface area contributed by atoms with Crippen molar-refractivity contribution in [2.75, 3.05) is 18.9 Å². The molecular formula is C11H20N4O3S. The summed E-state index contributed by atoms with van der Waals surface area (Å²) in [6.45, 7) is 4.80. The monoisotopic (exact) mass is 288 g/mol. The molecule has 3 N–H and O–H groups in total. The Bertz CT molecular complexity index is 561. The lowest BCUT2D eigenvalue weighted by Gasteiger charge is -2.19. The van der Waals surface area contributed by atoms with Crippen LogP contribution in [0.3, 0.4) is 0 Å². The average molecular weight is 288 g/mol. The minimum atomic E-state index is -3.65. The van der Waals surface area contributed by atoms with Gasteiger partial charge in [-0.25, -0.2) is 13.1 Å². The molecule has 1 fully saturated rings. The Hall–Kier alpha value is -1.12. The smallest absolute Gasteiger partial charge is 0.246 e. The Morgan fingerprint density at radius 1 is 1.58 bits per heavy atom. The molecule has 2 rings (SSSR count). The van der Waals surface area contributed by atoms with Gasteiger partial charge in [0.05, 0.1) is 12.3 Å². The summed E-state index contributed by atoms with van der Waals surface area (Å²) in [6, 6.07) is -0.188. The molecule has 0 radical (unpaired) electrons. The fourth-order valence-electron chi connectivity index (χ4n) is 2.29. The summed E-state index contributed by atoms with van der Waals surface area (Å²) >= 11 is 0. The second-order valence-electron chi connectivity index (χ2n) is 4.96. The normalized spacial score (nSPS) is 21.7. The first-order valence-corrected chi connectivity index (χ1v) is 7.70. The van der Waals surface area contributed by atoms with Crippen LogP contribution in [0.4, 0.5) is 5.82 Å². The van der Waals surface area contributed by atoms with Gasteiger partial charge in [0.2, 0.25) is 10.0 Å². The lowest BCUT2D eigenvalue weighted by Crippen LogP contribution is -2.38. The van der Waals surface area contributed by atoms with Crippen molar-refractivity contribution in [1.29, 1.82) is 0 Å². The van der Waals surface area contributed by atoms with Crippen LogP contribution in [0.15, 0.2) is 4.90 Å². The molecule has 0 amide bonds. The van der Waals surface area contributed by atoms with E-state index in [1.807, 2.05) is 6.92 Å². The van der Waals surface area contributed by atoms with Gasteiger partial charge in [-0.1, -0.05) is 0 Å². The van der Waals surface area contributed by atoms with Crippen molar-refractivity contribution in [1.82, 2.24) is 14.5 Å². The second-order valence-corrected chi connectivity index (χ2v) is 6.61. The maximum atomic E-state index is 12.4. The molecule has 0 bridgehead atoms. The van der Waals surface area contributed by atoms with Crippen LogP contribution in [0.5, 0.6) is 0 Å². The van der Waals surface area contributed by atoms with Crippen molar-refractivity contribution in [3.8, 4) is 0 Å². The SMILES string of the molecule is Cc1c(S(=O)(=O)NC(C)C2CCOC2)c(N)nn1C. The zero-order valence-electron chi connectivity index (χ0n) is 11.4. The molecule has 2 atom stereocenters. The summed E-state index contributed by atoms with van der Waals surface area (Å²) in [4.78, 5) is 0.0702. The Morgan fingerprint density at radius 2 is 2.26 bits per heavy atom. The first kappa shape index (κ1) is 14.3. The molecule has 8 heteroatoms. The molecule has 1 aromatic rings. The second kappa shape index (κ2) is 5.10. The van der Waals surface area contributed by atoms with E-state index in [1.165, 1.54) is 4.68 Å². The number of anilines is 1. The van der Waals surface area contributed by atoms with Crippen molar-refractivity contribution >= 4 is 15.8 Å². The van der Waals surface area contributed by atoms with E-state index in [1.54, 1.807) is 14.0 Å². The minimum Gasteiger partial charge on any atom is -0.381 e. The Morgan fingerprint density at radius 3 is 2.74 bits per heavy atom. The van der Waals surface area contributed by atoms with Crippen molar-refractivity contribution in [2.24, 2.45) is 13.0 Å². The summed E-state index contributed by atoms with van der Waals surface area (Å²) in [5.74, 6) is 0.232. The molecule has 0 saturated carbocycles. The molecule has 2 unspecified atom stereocenters. The van der Waals surface area contributed by atoms with Gasteiger partial charge in [0, 0.05) is 25.6 Å². The topological polar surface area (TPSA) is 99.2 Å². The van der Waals surface area contributed by atoms with Gasteiger partial charge >= 0.3 is 0 Å². The molecule has 1 aromatic heterocycles. The highest BCUT2D eigenvalue weighted by Gasteiger charge is 2.30. The number of hydrogen-bond acceptors (Lipinski definition) is 5. The maximum Gasteiger partial charge on any atom is 0.246 e. The van der Waals surface area contributed by atoms with Crippen molar-refractivity contribution in [2.45, 2.75) is 31.2 Å². The fraction of sp³-hybridized carbons (Fsp3) is 0.727. The molecule has 19 heavy (non-hydrogen) atoms. The van der Waals surface area contributed by atoms with Crippen LogP contribution in [0.2, 0.25) is 0 Å². The maximum absolute atomic E-state index is 12.4. The van der Waals surface area contributed by atoms with Gasteiger partial charge in [-0.05, 0) is 20.3 Å². The molecule has 1 saturated heterocycles. The Kier molecular flexibility index (Phi) is 3.84. The Labute approximate surface area is 113 Å². The number of aromatic nitrogens is 2. The number of nitrogens with two attached hydrogens (primary N) is 1. The minimum absolute atomic E-state index is 0.0300. The standard InChI is InChI=1S/C11H20N4O3S/c1-7(9-4-5-18-6-9)14-19(16,17)10-8(2)15(3)13-11(10)12/h7,9,14H,4-6H2,1-3H3,(H2,12,13). The molecule has 7 nitrogen and oxygen atoms in total. The van der Waals surface area contributed by atoms with Crippen LogP contribution in [-0.4, -0.2) is 37.5 Å². The number of ether oxygens (including phenoxy) is 1. The summed E-state index contributed by atoms with van der Waals surface area (Å²) in [5.41, 5.74) is 6.21. The van der Waals surface area contributed by atoms with Gasteiger partial charge in [-0.3, -0.25) is 4.68 Å². The van der Waals surface area contributed by atoms with Crippen LogP contribution < -0.4 is 10.5 Å². The highest BCUT2D eigenvalue weighted by molar-refractivity contribution is 7.89. The molecule has 0 aliphatic carbocycles. The number of nitrogen functional groups attached to an aromatic ring is 1. The van der Waals surface area contributed by atoms with E-state index in [9.17, 15) is 8.42 Å². The van der Waals surface area contributed by atoms with E-state index >= 15 is 0 Å². The predicted octanol–water partition coefficient (Wildman–Crippen LogP) is 0.0140. The van der Waals surface area contributed by atoms with Crippen LogP contribution in [0.25, 0.3) is 0 Å². The third kappa shape index (κ3) is 2.75. The van der Waals surface area contributed by atoms with Gasteiger partial charge in [0.15, 0.2) is 5.82 Å². The number of sulfonamides is 1. The summed E-state index contributed by atoms with van der Waals surface area (Å²) in [6.07, 6.45) is 0.866. The van der Waals surface area contributed by atoms with Gasteiger partial charge in [0.25, 0.3) is 0 Å². The first-order chi connectivity index (χ1) is 8.83. The third-order valence-corrected chi connectivity index (χ3v) is 5.31. The third-order valence-electron chi connectivity index (χ3n) is 3.59. The highest BCUT2D eigenvalue weighted by Crippen LogP contribution is 2.23. The van der Waals surface area contributed by atoms with Crippen molar-refractivity contribution < 1.29 is 13.2 Å². The first-order valence-electron chi connectivity index (χ1n) is 6.22. The summed E-state index contributed by atoms with van der Waals surface area (Å²) in [5, 5.41) is 3.93. The molecule has 108 valence electrons. The predicted molar refractivity (Wildman–Crippen MR) is 71.1 cm³/mol. The van der Waals surface area contributed by atoms with E-state index in [2.05, 4.69) is 9.82 Å². The van der Waals surface area contributed by atoms with Gasteiger partial charge in [-0.15, -0.1) is 0 Å². The van der Waals surface area contributed by atoms with Crippen LogP contribution in [0, 0.1) is 12.8 Å². The highest BCUT2D eigenvalue weighted by atomic mass is 32.2. The Balaban J connectivity index is 2.22. The van der Waals surface area contributed by atoms with Crippen LogP contribution >= 0.6 is 0 Å². The van der Waals surface area contributed by atoms with E-state index in [0.29, 0.717) is 18.9 Å². The zero-order chi connectivity index (χ0) is 14.2. The quantitative estimate of drug-likeness (QED) is 0.813. The lowest BCUT2D eigenvalue weighted by molar-refractivity contribution is 0.180. The van der Waals surface area contributed by atoms with Gasteiger partial charge in [-0.2, -0.15) is 5.10 Å². The van der Waals surface area contributed by atoms with E-state index in [0.717, 1.165) is 6.42 Å². The van der Waals surface area contributed by atoms with Crippen LogP contribution in [0.1, 0.15) is 19.0 Å². The number of nitrogens with zero attached hydrogens (tertiary/aromatic N) is 2. The van der Waals surface area contributed by atoms with Gasteiger partial charge in [0.1, 0.15) is 4.90 Å². The molecule has 1 aliphatic heterocycles. The average Bonchev–Trinajstić information content (AvgIpc) is 2.87. The van der Waals surface area contributed by atoms with Crippen LogP contribution in [-0.2, 0) is 21.8 Å². The molecule has 2 heterocycles. The molecule has 1 aliphatic rings. The molecule has 0 aromatic carbocycles.